The van der Waals surface area contributed by atoms with Crippen LogP contribution >= 0.6 is 0 Å². The molecule has 0 radical (unpaired) electrons. The molecular weight excluding hydrogens is 359 g/mol. The highest BCUT2D eigenvalue weighted by Crippen LogP contribution is 2.22. The van der Waals surface area contributed by atoms with E-state index in [9.17, 15) is 9.18 Å². The average Bonchev–Trinajstić information content (AvgIpc) is 3.12. The predicted octanol–water partition coefficient (Wildman–Crippen LogP) is 3.28. The first-order chi connectivity index (χ1) is 13.4. The summed E-state index contributed by atoms with van der Waals surface area (Å²) in [6.07, 6.45) is 1.50. The van der Waals surface area contributed by atoms with E-state index in [1.165, 1.54) is 16.9 Å². The van der Waals surface area contributed by atoms with E-state index >= 15 is 0 Å². The van der Waals surface area contributed by atoms with Gasteiger partial charge in [-0.3, -0.25) is 4.79 Å². The van der Waals surface area contributed by atoms with Gasteiger partial charge in [0.05, 0.1) is 18.8 Å². The summed E-state index contributed by atoms with van der Waals surface area (Å²) in [4.78, 5) is 12.4. The predicted molar refractivity (Wildman–Crippen MR) is 104 cm³/mol. The molecule has 1 heterocycles. The lowest BCUT2D eigenvalue weighted by molar-refractivity contribution is 0.0921. The van der Waals surface area contributed by atoms with Crippen LogP contribution in [0, 0.1) is 19.7 Å². The van der Waals surface area contributed by atoms with E-state index in [1.807, 2.05) is 39.0 Å². The Morgan fingerprint density at radius 2 is 1.89 bits per heavy atom. The van der Waals surface area contributed by atoms with Gasteiger partial charge in [0.25, 0.3) is 5.91 Å². The van der Waals surface area contributed by atoms with Gasteiger partial charge in [0.1, 0.15) is 18.2 Å². The van der Waals surface area contributed by atoms with E-state index in [1.54, 1.807) is 18.2 Å². The van der Waals surface area contributed by atoms with E-state index in [0.29, 0.717) is 12.2 Å². The van der Waals surface area contributed by atoms with Crippen molar-refractivity contribution in [1.82, 2.24) is 20.3 Å². The zero-order valence-corrected chi connectivity index (χ0v) is 16.1. The highest BCUT2D eigenvalue weighted by Gasteiger charge is 2.15. The number of ether oxygens (including phenoxy) is 1. The molecule has 3 aromatic rings. The summed E-state index contributed by atoms with van der Waals surface area (Å²) in [5, 5.41) is 10.6. The summed E-state index contributed by atoms with van der Waals surface area (Å²) >= 11 is 0. The summed E-state index contributed by atoms with van der Waals surface area (Å²) in [5.41, 5.74) is 2.76. The lowest BCUT2D eigenvalue weighted by Crippen LogP contribution is -2.37. The maximum absolute atomic E-state index is 13.7. The van der Waals surface area contributed by atoms with E-state index in [2.05, 4.69) is 15.6 Å². The number of benzene rings is 2. The number of carbonyl (C=O) groups excluding carboxylic acids is 1. The number of rotatable bonds is 7. The zero-order chi connectivity index (χ0) is 20.1. The van der Waals surface area contributed by atoms with Gasteiger partial charge >= 0.3 is 0 Å². The number of amides is 1. The van der Waals surface area contributed by atoms with Gasteiger partial charge in [-0.2, -0.15) is 0 Å². The molecule has 0 aliphatic rings. The van der Waals surface area contributed by atoms with Crippen LogP contribution in [0.5, 0.6) is 5.75 Å². The lowest BCUT2D eigenvalue weighted by Gasteiger charge is -2.17. The second kappa shape index (κ2) is 8.65. The molecular formula is C21H23FN4O2. The SMILES string of the molecule is Cc1cccc(C)c1OCC(C)NC(=O)c1cn(Cc2ccccc2F)nn1. The number of nitrogens with one attached hydrogen (secondary N) is 1. The van der Waals surface area contributed by atoms with Gasteiger partial charge in [0.2, 0.25) is 0 Å². The molecule has 0 fully saturated rings. The third-order valence-electron chi connectivity index (χ3n) is 4.33. The van der Waals surface area contributed by atoms with Gasteiger partial charge in [-0.15, -0.1) is 5.10 Å². The second-order valence-electron chi connectivity index (χ2n) is 6.80. The van der Waals surface area contributed by atoms with Crippen LogP contribution in [0.2, 0.25) is 0 Å². The smallest absolute Gasteiger partial charge is 0.273 e. The van der Waals surface area contributed by atoms with Gasteiger partial charge in [-0.05, 0) is 38.0 Å². The Balaban J connectivity index is 1.56. The quantitative estimate of drug-likeness (QED) is 0.681. The molecule has 28 heavy (non-hydrogen) atoms. The van der Waals surface area contributed by atoms with Crippen molar-refractivity contribution >= 4 is 5.91 Å². The fourth-order valence-corrected chi connectivity index (χ4v) is 2.86. The van der Waals surface area contributed by atoms with Crippen molar-refractivity contribution < 1.29 is 13.9 Å². The van der Waals surface area contributed by atoms with Crippen LogP contribution in [0.4, 0.5) is 4.39 Å². The minimum Gasteiger partial charge on any atom is -0.491 e. The van der Waals surface area contributed by atoms with Crippen LogP contribution in [0.25, 0.3) is 0 Å². The number of hydrogen-bond acceptors (Lipinski definition) is 4. The van der Waals surface area contributed by atoms with Crippen LogP contribution in [-0.2, 0) is 6.54 Å². The highest BCUT2D eigenvalue weighted by atomic mass is 19.1. The number of aromatic nitrogens is 3. The number of aryl methyl sites for hydroxylation is 2. The number of nitrogens with zero attached hydrogens (tertiary/aromatic N) is 3. The topological polar surface area (TPSA) is 69.0 Å². The number of para-hydroxylation sites is 1. The molecule has 2 aromatic carbocycles. The van der Waals surface area contributed by atoms with Crippen molar-refractivity contribution in [1.29, 1.82) is 0 Å². The molecule has 1 N–H and O–H groups in total. The van der Waals surface area contributed by atoms with Crippen LogP contribution in [0.15, 0.2) is 48.7 Å². The molecule has 1 aromatic heterocycles. The van der Waals surface area contributed by atoms with E-state index in [4.69, 9.17) is 4.74 Å². The number of halogens is 1. The number of hydrogen-bond donors (Lipinski definition) is 1. The van der Waals surface area contributed by atoms with Crippen molar-refractivity contribution in [3.05, 3.63) is 76.9 Å². The molecule has 0 aliphatic carbocycles. The molecule has 7 heteroatoms. The molecule has 146 valence electrons. The van der Waals surface area contributed by atoms with Crippen LogP contribution in [-0.4, -0.2) is 33.5 Å². The minimum atomic E-state index is -0.350. The summed E-state index contributed by atoms with van der Waals surface area (Å²) in [5.74, 6) is 0.165. The van der Waals surface area contributed by atoms with Gasteiger partial charge in [0.15, 0.2) is 5.69 Å². The third kappa shape index (κ3) is 4.73. The Morgan fingerprint density at radius 3 is 2.61 bits per heavy atom. The fraction of sp³-hybridized carbons (Fsp3) is 0.286. The van der Waals surface area contributed by atoms with Crippen molar-refractivity contribution in [3.63, 3.8) is 0 Å². The molecule has 0 saturated carbocycles. The Bertz CT molecular complexity index is 950. The Kier molecular flexibility index (Phi) is 6.03. The first-order valence-corrected chi connectivity index (χ1v) is 9.07. The lowest BCUT2D eigenvalue weighted by atomic mass is 10.1. The Morgan fingerprint density at radius 1 is 1.18 bits per heavy atom. The van der Waals surface area contributed by atoms with Gasteiger partial charge in [0, 0.05) is 5.56 Å². The maximum Gasteiger partial charge on any atom is 0.273 e. The third-order valence-corrected chi connectivity index (χ3v) is 4.33. The summed E-state index contributed by atoms with van der Waals surface area (Å²) in [6.45, 7) is 6.37. The van der Waals surface area contributed by atoms with E-state index in [0.717, 1.165) is 16.9 Å². The van der Waals surface area contributed by atoms with Crippen LogP contribution in [0.1, 0.15) is 34.1 Å². The first kappa shape index (κ1) is 19.5. The Labute approximate surface area is 163 Å². The van der Waals surface area contributed by atoms with Crippen LogP contribution in [0.3, 0.4) is 0 Å². The maximum atomic E-state index is 13.7. The molecule has 6 nitrogen and oxygen atoms in total. The number of carbonyl (C=O) groups is 1. The summed E-state index contributed by atoms with van der Waals surface area (Å²) in [7, 11) is 0. The molecule has 0 bridgehead atoms. The van der Waals surface area contributed by atoms with E-state index in [-0.39, 0.29) is 30.0 Å². The molecule has 1 atom stereocenters. The second-order valence-corrected chi connectivity index (χ2v) is 6.80. The highest BCUT2D eigenvalue weighted by molar-refractivity contribution is 5.92. The minimum absolute atomic E-state index is 0.176. The van der Waals surface area contributed by atoms with Crippen molar-refractivity contribution in [2.75, 3.05) is 6.61 Å². The van der Waals surface area contributed by atoms with Crippen molar-refractivity contribution in [2.24, 2.45) is 0 Å². The van der Waals surface area contributed by atoms with Crippen molar-refractivity contribution in [3.8, 4) is 5.75 Å². The Hall–Kier alpha value is -3.22. The monoisotopic (exact) mass is 382 g/mol. The summed E-state index contributed by atoms with van der Waals surface area (Å²) < 4.78 is 21.0. The first-order valence-electron chi connectivity index (χ1n) is 9.07. The van der Waals surface area contributed by atoms with E-state index < -0.39 is 0 Å². The van der Waals surface area contributed by atoms with Gasteiger partial charge < -0.3 is 10.1 Å². The molecule has 0 spiro atoms. The molecule has 3 rings (SSSR count). The average molecular weight is 382 g/mol. The molecule has 0 saturated heterocycles. The van der Waals surface area contributed by atoms with Crippen LogP contribution < -0.4 is 10.1 Å². The normalized spacial score (nSPS) is 11.9. The zero-order valence-electron chi connectivity index (χ0n) is 16.1. The molecule has 1 amide bonds. The molecule has 1 unspecified atom stereocenters. The van der Waals surface area contributed by atoms with Gasteiger partial charge in [-0.1, -0.05) is 41.6 Å². The molecule has 0 aliphatic heterocycles. The standard InChI is InChI=1S/C21H23FN4O2/c1-14-7-6-8-15(2)20(14)28-13-16(3)23-21(27)19-12-26(25-24-19)11-17-9-4-5-10-18(17)22/h4-10,12,16H,11,13H2,1-3H3,(H,23,27). The van der Waals surface area contributed by atoms with Crippen molar-refractivity contribution in [2.45, 2.75) is 33.4 Å². The summed E-state index contributed by atoms with van der Waals surface area (Å²) in [6, 6.07) is 12.2. The van der Waals surface area contributed by atoms with Gasteiger partial charge in [-0.25, -0.2) is 9.07 Å². The fourth-order valence-electron chi connectivity index (χ4n) is 2.86. The largest absolute Gasteiger partial charge is 0.491 e.